The minimum atomic E-state index is -0.0741. The van der Waals surface area contributed by atoms with Crippen molar-refractivity contribution in [2.75, 3.05) is 6.61 Å². The SMILES string of the molecule is C/C=C\C1CC(=O)C(=C(CCC)NOCC)C(=O)C1. The molecular weight excluding hydrogens is 242 g/mol. The largest absolute Gasteiger partial charge is 0.294 e. The van der Waals surface area contributed by atoms with Crippen molar-refractivity contribution in [3.63, 3.8) is 0 Å². The average Bonchev–Trinajstić information content (AvgIpc) is 2.35. The van der Waals surface area contributed by atoms with Gasteiger partial charge in [-0.15, -0.1) is 0 Å². The highest BCUT2D eigenvalue weighted by molar-refractivity contribution is 6.22. The lowest BCUT2D eigenvalue weighted by molar-refractivity contribution is -0.125. The Morgan fingerprint density at radius 3 is 2.42 bits per heavy atom. The van der Waals surface area contributed by atoms with Gasteiger partial charge in [0.2, 0.25) is 0 Å². The summed E-state index contributed by atoms with van der Waals surface area (Å²) in [6, 6.07) is 0. The number of hydroxylamine groups is 1. The summed E-state index contributed by atoms with van der Waals surface area (Å²) >= 11 is 0. The van der Waals surface area contributed by atoms with Crippen molar-refractivity contribution in [2.24, 2.45) is 5.92 Å². The lowest BCUT2D eigenvalue weighted by Crippen LogP contribution is -2.30. The number of carbonyl (C=O) groups is 2. The number of ketones is 2. The molecule has 4 nitrogen and oxygen atoms in total. The van der Waals surface area contributed by atoms with E-state index in [1.165, 1.54) is 0 Å². The van der Waals surface area contributed by atoms with E-state index in [1.807, 2.05) is 32.9 Å². The van der Waals surface area contributed by atoms with Crippen LogP contribution in [0.3, 0.4) is 0 Å². The van der Waals surface area contributed by atoms with Gasteiger partial charge in [-0.3, -0.25) is 19.9 Å². The molecule has 0 heterocycles. The van der Waals surface area contributed by atoms with Gasteiger partial charge in [-0.25, -0.2) is 0 Å². The van der Waals surface area contributed by atoms with Crippen LogP contribution < -0.4 is 5.48 Å². The van der Waals surface area contributed by atoms with Crippen LogP contribution in [0.15, 0.2) is 23.4 Å². The fourth-order valence-electron chi connectivity index (χ4n) is 2.29. The van der Waals surface area contributed by atoms with Gasteiger partial charge in [0.05, 0.1) is 17.9 Å². The minimum absolute atomic E-state index is 0.0451. The first-order chi connectivity index (χ1) is 9.13. The van der Waals surface area contributed by atoms with Crippen LogP contribution in [0.2, 0.25) is 0 Å². The molecule has 0 aliphatic heterocycles. The van der Waals surface area contributed by atoms with Crippen LogP contribution in [-0.2, 0) is 14.4 Å². The maximum absolute atomic E-state index is 12.2. The zero-order valence-electron chi connectivity index (χ0n) is 12.0. The van der Waals surface area contributed by atoms with E-state index in [2.05, 4.69) is 5.48 Å². The van der Waals surface area contributed by atoms with Crippen LogP contribution in [0, 0.1) is 5.92 Å². The number of nitrogens with one attached hydrogen (secondary N) is 1. The van der Waals surface area contributed by atoms with Crippen molar-refractivity contribution in [2.45, 2.75) is 46.5 Å². The van der Waals surface area contributed by atoms with Gasteiger partial charge in [-0.05, 0) is 26.2 Å². The Bertz CT molecular complexity index is 376. The predicted octanol–water partition coefficient (Wildman–Crippen LogP) is 2.71. The van der Waals surface area contributed by atoms with Gasteiger partial charge in [0.1, 0.15) is 0 Å². The van der Waals surface area contributed by atoms with Gasteiger partial charge in [-0.1, -0.05) is 25.5 Å². The smallest absolute Gasteiger partial charge is 0.168 e. The summed E-state index contributed by atoms with van der Waals surface area (Å²) in [6.45, 7) is 6.26. The molecule has 1 saturated carbocycles. The van der Waals surface area contributed by atoms with Crippen LogP contribution in [-0.4, -0.2) is 18.2 Å². The lowest BCUT2D eigenvalue weighted by atomic mass is 9.82. The molecule has 0 radical (unpaired) electrons. The standard InChI is InChI=1S/C15H23NO3/c1-4-7-11-9-13(17)15(14(18)10-11)12(8-5-2)16-19-6-3/h4,7,11,16H,5-6,8-10H2,1-3H3/b7-4-,15-12?. The second-order valence-corrected chi connectivity index (χ2v) is 4.68. The Kier molecular flexibility index (Phi) is 6.50. The molecule has 0 unspecified atom stereocenters. The van der Waals surface area contributed by atoms with Gasteiger partial charge in [0, 0.05) is 12.8 Å². The number of hydrogen-bond donors (Lipinski definition) is 1. The van der Waals surface area contributed by atoms with Crippen LogP contribution in [0.1, 0.15) is 46.5 Å². The van der Waals surface area contributed by atoms with E-state index in [9.17, 15) is 9.59 Å². The number of carbonyl (C=O) groups excluding carboxylic acids is 2. The summed E-state index contributed by atoms with van der Waals surface area (Å²) in [5, 5.41) is 0. The first kappa shape index (κ1) is 15.6. The second-order valence-electron chi connectivity index (χ2n) is 4.68. The van der Waals surface area contributed by atoms with Gasteiger partial charge in [0.25, 0.3) is 0 Å². The average molecular weight is 265 g/mol. The monoisotopic (exact) mass is 265 g/mol. The van der Waals surface area contributed by atoms with Crippen molar-refractivity contribution in [1.29, 1.82) is 0 Å². The van der Waals surface area contributed by atoms with Crippen LogP contribution >= 0.6 is 0 Å². The van der Waals surface area contributed by atoms with Gasteiger partial charge in [-0.2, -0.15) is 0 Å². The molecule has 1 N–H and O–H groups in total. The normalized spacial score (nSPS) is 20.2. The summed E-state index contributed by atoms with van der Waals surface area (Å²) in [4.78, 5) is 29.5. The van der Waals surface area contributed by atoms with E-state index < -0.39 is 0 Å². The molecule has 0 aromatic rings. The van der Waals surface area contributed by atoms with Gasteiger partial charge in [0.15, 0.2) is 11.6 Å². The van der Waals surface area contributed by atoms with Crippen molar-refractivity contribution < 1.29 is 14.4 Å². The van der Waals surface area contributed by atoms with E-state index in [0.717, 1.165) is 6.42 Å². The Balaban J connectivity index is 2.94. The molecule has 1 aliphatic carbocycles. The summed E-state index contributed by atoms with van der Waals surface area (Å²) < 4.78 is 0. The molecule has 0 spiro atoms. The van der Waals surface area contributed by atoms with Gasteiger partial charge >= 0.3 is 0 Å². The molecule has 1 fully saturated rings. The highest BCUT2D eigenvalue weighted by Crippen LogP contribution is 2.26. The van der Waals surface area contributed by atoms with Crippen molar-refractivity contribution in [1.82, 2.24) is 5.48 Å². The van der Waals surface area contributed by atoms with Crippen LogP contribution in [0.5, 0.6) is 0 Å². The molecule has 0 amide bonds. The fraction of sp³-hybridized carbons (Fsp3) is 0.600. The molecule has 0 aromatic carbocycles. The summed E-state index contributed by atoms with van der Waals surface area (Å²) in [5.41, 5.74) is 3.72. The summed E-state index contributed by atoms with van der Waals surface area (Å²) in [5.74, 6) is -0.103. The third-order valence-electron chi connectivity index (χ3n) is 3.06. The highest BCUT2D eigenvalue weighted by atomic mass is 16.6. The quantitative estimate of drug-likeness (QED) is 0.347. The van der Waals surface area contributed by atoms with E-state index in [0.29, 0.717) is 37.1 Å². The van der Waals surface area contributed by atoms with Crippen molar-refractivity contribution >= 4 is 11.6 Å². The maximum Gasteiger partial charge on any atom is 0.168 e. The molecule has 0 saturated heterocycles. The number of allylic oxidation sites excluding steroid dienone is 4. The second kappa shape index (κ2) is 7.89. The minimum Gasteiger partial charge on any atom is -0.294 e. The summed E-state index contributed by atoms with van der Waals surface area (Å²) in [7, 11) is 0. The lowest BCUT2D eigenvalue weighted by Gasteiger charge is -2.22. The third-order valence-corrected chi connectivity index (χ3v) is 3.06. The molecule has 0 atom stereocenters. The molecule has 106 valence electrons. The predicted molar refractivity (Wildman–Crippen MR) is 74.2 cm³/mol. The highest BCUT2D eigenvalue weighted by Gasteiger charge is 2.31. The van der Waals surface area contributed by atoms with E-state index in [4.69, 9.17) is 4.84 Å². The van der Waals surface area contributed by atoms with E-state index in [1.54, 1.807) is 0 Å². The third kappa shape index (κ3) is 4.31. The van der Waals surface area contributed by atoms with E-state index >= 15 is 0 Å². The molecule has 1 aliphatic rings. The van der Waals surface area contributed by atoms with Crippen molar-refractivity contribution in [3.05, 3.63) is 23.4 Å². The molecular formula is C15H23NO3. The first-order valence-corrected chi connectivity index (χ1v) is 6.94. The zero-order chi connectivity index (χ0) is 14.3. The Hall–Kier alpha value is -1.42. The van der Waals surface area contributed by atoms with Crippen LogP contribution in [0.4, 0.5) is 0 Å². The van der Waals surface area contributed by atoms with Crippen LogP contribution in [0.25, 0.3) is 0 Å². The van der Waals surface area contributed by atoms with Gasteiger partial charge < -0.3 is 0 Å². The zero-order valence-corrected chi connectivity index (χ0v) is 12.0. The molecule has 0 bridgehead atoms. The molecule has 1 rings (SSSR count). The van der Waals surface area contributed by atoms with Crippen molar-refractivity contribution in [3.8, 4) is 0 Å². The Morgan fingerprint density at radius 1 is 1.32 bits per heavy atom. The number of hydrogen-bond acceptors (Lipinski definition) is 4. The topological polar surface area (TPSA) is 55.4 Å². The first-order valence-electron chi connectivity index (χ1n) is 6.94. The molecule has 19 heavy (non-hydrogen) atoms. The summed E-state index contributed by atoms with van der Waals surface area (Å²) in [6.07, 6.45) is 6.16. The van der Waals surface area contributed by atoms with E-state index in [-0.39, 0.29) is 17.5 Å². The molecule has 4 heteroatoms. The Morgan fingerprint density at radius 2 is 1.95 bits per heavy atom. The fourth-order valence-corrected chi connectivity index (χ4v) is 2.29. The number of rotatable bonds is 6. The number of Topliss-reactive ketones (excluding diaryl/α,β-unsaturated/α-hetero) is 2. The molecule has 0 aromatic heterocycles. The maximum atomic E-state index is 12.2. The Labute approximate surface area is 114 Å².